The van der Waals surface area contributed by atoms with Crippen molar-refractivity contribution < 1.29 is 9.59 Å². The molecule has 132 valence electrons. The van der Waals surface area contributed by atoms with Gasteiger partial charge in [-0.1, -0.05) is 43.4 Å². The van der Waals surface area contributed by atoms with Gasteiger partial charge in [0, 0.05) is 30.5 Å². The SMILES string of the molecule is CCC(CC)C(=O)Nc1nnc([C@H]2CC(=O)N(c3ccccc3)C2)s1. The minimum atomic E-state index is -0.0129. The third-order valence-electron chi connectivity index (χ3n) is 4.57. The van der Waals surface area contributed by atoms with E-state index in [0.717, 1.165) is 23.5 Å². The normalized spacial score (nSPS) is 17.3. The lowest BCUT2D eigenvalue weighted by atomic mass is 10.0. The molecule has 25 heavy (non-hydrogen) atoms. The van der Waals surface area contributed by atoms with Gasteiger partial charge < -0.3 is 10.2 Å². The van der Waals surface area contributed by atoms with E-state index in [1.165, 1.54) is 11.3 Å². The maximum absolute atomic E-state index is 12.3. The first-order valence-electron chi connectivity index (χ1n) is 8.62. The summed E-state index contributed by atoms with van der Waals surface area (Å²) in [4.78, 5) is 26.3. The van der Waals surface area contributed by atoms with Crippen molar-refractivity contribution in [3.8, 4) is 0 Å². The molecule has 1 aliphatic heterocycles. The summed E-state index contributed by atoms with van der Waals surface area (Å²) in [6.45, 7) is 4.60. The highest BCUT2D eigenvalue weighted by molar-refractivity contribution is 7.15. The van der Waals surface area contributed by atoms with E-state index in [0.29, 0.717) is 18.1 Å². The van der Waals surface area contributed by atoms with Gasteiger partial charge >= 0.3 is 0 Å². The smallest absolute Gasteiger partial charge is 0.229 e. The van der Waals surface area contributed by atoms with Crippen molar-refractivity contribution in [2.24, 2.45) is 5.92 Å². The van der Waals surface area contributed by atoms with Gasteiger partial charge in [-0.05, 0) is 25.0 Å². The number of nitrogens with one attached hydrogen (secondary N) is 1. The Kier molecular flexibility index (Phi) is 5.43. The maximum Gasteiger partial charge on any atom is 0.229 e. The fourth-order valence-corrected chi connectivity index (χ4v) is 3.89. The second-order valence-electron chi connectivity index (χ2n) is 6.19. The number of carbonyl (C=O) groups excluding carboxylic acids is 2. The number of nitrogens with zero attached hydrogens (tertiary/aromatic N) is 3. The van der Waals surface area contributed by atoms with E-state index in [1.807, 2.05) is 44.2 Å². The molecule has 2 heterocycles. The summed E-state index contributed by atoms with van der Waals surface area (Å²) in [7, 11) is 0. The van der Waals surface area contributed by atoms with Crippen molar-refractivity contribution in [3.63, 3.8) is 0 Å². The summed E-state index contributed by atoms with van der Waals surface area (Å²) in [5.74, 6) is 0.0908. The van der Waals surface area contributed by atoms with Gasteiger partial charge in [0.2, 0.25) is 16.9 Å². The van der Waals surface area contributed by atoms with Crippen LogP contribution in [-0.2, 0) is 9.59 Å². The third-order valence-corrected chi connectivity index (χ3v) is 5.57. The Morgan fingerprint density at radius 1 is 1.28 bits per heavy atom. The molecule has 0 spiro atoms. The van der Waals surface area contributed by atoms with Crippen molar-refractivity contribution >= 4 is 34.0 Å². The van der Waals surface area contributed by atoms with Gasteiger partial charge in [-0.25, -0.2) is 0 Å². The number of aromatic nitrogens is 2. The van der Waals surface area contributed by atoms with Crippen LogP contribution in [-0.4, -0.2) is 28.6 Å². The van der Waals surface area contributed by atoms with E-state index in [1.54, 1.807) is 4.90 Å². The minimum Gasteiger partial charge on any atom is -0.312 e. The van der Waals surface area contributed by atoms with Crippen LogP contribution in [0.4, 0.5) is 10.8 Å². The largest absolute Gasteiger partial charge is 0.312 e. The van der Waals surface area contributed by atoms with Crippen molar-refractivity contribution in [3.05, 3.63) is 35.3 Å². The quantitative estimate of drug-likeness (QED) is 0.858. The molecular weight excluding hydrogens is 336 g/mol. The zero-order valence-electron chi connectivity index (χ0n) is 14.4. The maximum atomic E-state index is 12.3. The third kappa shape index (κ3) is 3.87. The number of carbonyl (C=O) groups is 2. The van der Waals surface area contributed by atoms with E-state index in [4.69, 9.17) is 0 Å². The first kappa shape index (κ1) is 17.5. The van der Waals surface area contributed by atoms with Gasteiger partial charge in [-0.15, -0.1) is 10.2 Å². The average Bonchev–Trinajstić information content (AvgIpc) is 3.23. The van der Waals surface area contributed by atoms with Crippen LogP contribution >= 0.6 is 11.3 Å². The number of amides is 2. The molecule has 1 aromatic carbocycles. The van der Waals surface area contributed by atoms with Gasteiger partial charge in [-0.2, -0.15) is 0 Å². The molecule has 0 radical (unpaired) electrons. The number of anilines is 2. The number of rotatable bonds is 6. The molecule has 3 rings (SSSR count). The molecule has 0 saturated carbocycles. The van der Waals surface area contributed by atoms with Crippen molar-refractivity contribution in [1.29, 1.82) is 0 Å². The van der Waals surface area contributed by atoms with Gasteiger partial charge in [0.15, 0.2) is 0 Å². The second kappa shape index (κ2) is 7.74. The van der Waals surface area contributed by atoms with E-state index in [-0.39, 0.29) is 23.7 Å². The van der Waals surface area contributed by atoms with E-state index >= 15 is 0 Å². The highest BCUT2D eigenvalue weighted by Crippen LogP contribution is 2.34. The van der Waals surface area contributed by atoms with Gasteiger partial charge in [0.1, 0.15) is 5.01 Å². The standard InChI is InChI=1S/C18H22N4O2S/c1-3-12(4-2)16(24)19-18-21-20-17(25-18)13-10-15(23)22(11-13)14-8-6-5-7-9-14/h5-9,12-13H,3-4,10-11H2,1-2H3,(H,19,21,24)/t13-/m0/s1. The zero-order chi connectivity index (χ0) is 17.8. The number of hydrogen-bond donors (Lipinski definition) is 1. The van der Waals surface area contributed by atoms with Crippen LogP contribution < -0.4 is 10.2 Å². The molecular formula is C18H22N4O2S. The lowest BCUT2D eigenvalue weighted by Crippen LogP contribution is -2.24. The Hall–Kier alpha value is -2.28. The second-order valence-corrected chi connectivity index (χ2v) is 7.20. The summed E-state index contributed by atoms with van der Waals surface area (Å²) in [6.07, 6.45) is 2.03. The predicted octanol–water partition coefficient (Wildman–Crippen LogP) is 3.43. The van der Waals surface area contributed by atoms with Gasteiger partial charge in [0.25, 0.3) is 0 Å². The monoisotopic (exact) mass is 358 g/mol. The Labute approximate surface area is 151 Å². The van der Waals surface area contributed by atoms with E-state index in [2.05, 4.69) is 15.5 Å². The summed E-state index contributed by atoms with van der Waals surface area (Å²) in [5.41, 5.74) is 0.904. The zero-order valence-corrected chi connectivity index (χ0v) is 15.3. The number of hydrogen-bond acceptors (Lipinski definition) is 5. The van der Waals surface area contributed by atoms with Crippen LogP contribution in [0.15, 0.2) is 30.3 Å². The van der Waals surface area contributed by atoms with Crippen LogP contribution in [0, 0.1) is 5.92 Å². The number of para-hydroxylation sites is 1. The minimum absolute atomic E-state index is 0.00557. The van der Waals surface area contributed by atoms with Gasteiger partial charge in [0.05, 0.1) is 0 Å². The lowest BCUT2D eigenvalue weighted by Gasteiger charge is -2.15. The Bertz CT molecular complexity index is 743. The Morgan fingerprint density at radius 2 is 2.00 bits per heavy atom. The highest BCUT2D eigenvalue weighted by atomic mass is 32.1. The fourth-order valence-electron chi connectivity index (χ4n) is 3.05. The average molecular weight is 358 g/mol. The molecule has 1 atom stereocenters. The summed E-state index contributed by atoms with van der Waals surface area (Å²) >= 11 is 1.36. The van der Waals surface area contributed by atoms with Crippen molar-refractivity contribution in [1.82, 2.24) is 10.2 Å². The van der Waals surface area contributed by atoms with Crippen molar-refractivity contribution in [2.45, 2.75) is 39.0 Å². The van der Waals surface area contributed by atoms with Crippen LogP contribution in [0.2, 0.25) is 0 Å². The molecule has 0 aliphatic carbocycles. The van der Waals surface area contributed by atoms with E-state index in [9.17, 15) is 9.59 Å². The molecule has 1 N–H and O–H groups in total. The molecule has 0 unspecified atom stereocenters. The first-order valence-corrected chi connectivity index (χ1v) is 9.43. The molecule has 1 aromatic heterocycles. The van der Waals surface area contributed by atoms with Gasteiger partial charge in [-0.3, -0.25) is 9.59 Å². The van der Waals surface area contributed by atoms with Crippen LogP contribution in [0.1, 0.15) is 44.0 Å². The van der Waals surface area contributed by atoms with Crippen LogP contribution in [0.25, 0.3) is 0 Å². The van der Waals surface area contributed by atoms with Crippen molar-refractivity contribution in [2.75, 3.05) is 16.8 Å². The summed E-state index contributed by atoms with van der Waals surface area (Å²) in [6, 6.07) is 9.64. The molecule has 1 aliphatic rings. The molecule has 2 amide bonds. The molecule has 0 bridgehead atoms. The summed E-state index contributed by atoms with van der Waals surface area (Å²) in [5, 5.41) is 12.4. The molecule has 1 fully saturated rings. The van der Waals surface area contributed by atoms with E-state index < -0.39 is 0 Å². The van der Waals surface area contributed by atoms with Crippen LogP contribution in [0.5, 0.6) is 0 Å². The highest BCUT2D eigenvalue weighted by Gasteiger charge is 2.34. The molecule has 2 aromatic rings. The Morgan fingerprint density at radius 3 is 2.68 bits per heavy atom. The van der Waals surface area contributed by atoms with Crippen LogP contribution in [0.3, 0.4) is 0 Å². The number of benzene rings is 1. The lowest BCUT2D eigenvalue weighted by molar-refractivity contribution is -0.120. The fraction of sp³-hybridized carbons (Fsp3) is 0.444. The first-order chi connectivity index (χ1) is 12.1. The molecule has 1 saturated heterocycles. The Balaban J connectivity index is 1.67. The summed E-state index contributed by atoms with van der Waals surface area (Å²) < 4.78 is 0. The molecule has 6 nitrogen and oxygen atoms in total. The predicted molar refractivity (Wildman–Crippen MR) is 98.8 cm³/mol. The topological polar surface area (TPSA) is 75.2 Å². The molecule has 7 heteroatoms.